The predicted octanol–water partition coefficient (Wildman–Crippen LogP) is 2.80. The van der Waals surface area contributed by atoms with Crippen LogP contribution in [0.3, 0.4) is 0 Å². The Hall–Kier alpha value is -3.35. The number of rotatable bonds is 5. The van der Waals surface area contributed by atoms with Crippen molar-refractivity contribution in [2.45, 2.75) is 24.4 Å². The van der Waals surface area contributed by atoms with Gasteiger partial charge in [-0.05, 0) is 6.92 Å². The molecule has 0 N–H and O–H groups in total. The van der Waals surface area contributed by atoms with Crippen molar-refractivity contribution >= 4 is 27.0 Å². The summed E-state index contributed by atoms with van der Waals surface area (Å²) < 4.78 is 65.7. The summed E-state index contributed by atoms with van der Waals surface area (Å²) in [6.45, 7) is 0.845. The van der Waals surface area contributed by atoms with Crippen molar-refractivity contribution in [1.29, 1.82) is 5.26 Å². The van der Waals surface area contributed by atoms with E-state index in [2.05, 4.69) is 15.1 Å². The maximum Gasteiger partial charge on any atom is 0.511 e. The highest BCUT2D eigenvalue weighted by Crippen LogP contribution is 2.39. The fourth-order valence-corrected chi connectivity index (χ4v) is 5.69. The minimum absolute atomic E-state index is 0.216. The molecule has 10 nitrogen and oxygen atoms in total. The van der Waals surface area contributed by atoms with Gasteiger partial charge in [-0.1, -0.05) is 0 Å². The van der Waals surface area contributed by atoms with Crippen LogP contribution in [-0.4, -0.2) is 60.5 Å². The molecule has 34 heavy (non-hydrogen) atoms. The molecule has 1 aliphatic rings. The van der Waals surface area contributed by atoms with Gasteiger partial charge < -0.3 is 0 Å². The first-order valence-corrected chi connectivity index (χ1v) is 12.1. The number of aromatic nitrogens is 6. The molecule has 0 unspecified atom stereocenters. The van der Waals surface area contributed by atoms with Crippen LogP contribution in [0.5, 0.6) is 0 Å². The Morgan fingerprint density at radius 3 is 2.68 bits per heavy atom. The van der Waals surface area contributed by atoms with Gasteiger partial charge in [0.25, 0.3) is 0 Å². The minimum Gasteiger partial charge on any atom is -0.284 e. The Morgan fingerprint density at radius 1 is 1.26 bits per heavy atom. The van der Waals surface area contributed by atoms with Gasteiger partial charge in [0.15, 0.2) is 0 Å². The van der Waals surface area contributed by atoms with Crippen molar-refractivity contribution in [3.05, 3.63) is 42.1 Å². The number of halogens is 3. The van der Waals surface area contributed by atoms with Gasteiger partial charge in [-0.15, -0.1) is 11.3 Å². The number of aryl methyl sites for hydroxylation is 1. The first-order chi connectivity index (χ1) is 16.0. The highest BCUT2D eigenvalue weighted by atomic mass is 32.2. The van der Waals surface area contributed by atoms with Crippen LogP contribution < -0.4 is 0 Å². The zero-order chi connectivity index (χ0) is 24.3. The van der Waals surface area contributed by atoms with E-state index in [1.165, 1.54) is 22.2 Å². The smallest absolute Gasteiger partial charge is 0.284 e. The standard InChI is InChI=1S/C19H15F3N8O2S2/c1-12-25-8-15(33-12)14-6-16-24-4-5-29(16)17(27-14)13-7-26-30(9-13)18(2-3-23)10-28(11-18)34(31,32)19(20,21)22/h4-9H,2,10-11H2,1H3. The normalized spacial score (nSPS) is 16.4. The van der Waals surface area contributed by atoms with Crippen molar-refractivity contribution in [3.63, 3.8) is 0 Å². The van der Waals surface area contributed by atoms with E-state index in [1.54, 1.807) is 29.2 Å². The van der Waals surface area contributed by atoms with Gasteiger partial charge in [0.05, 0.1) is 39.8 Å². The first kappa shape index (κ1) is 22.4. The molecule has 0 aliphatic carbocycles. The van der Waals surface area contributed by atoms with Crippen molar-refractivity contribution in [2.75, 3.05) is 13.1 Å². The lowest BCUT2D eigenvalue weighted by atomic mass is 9.89. The lowest BCUT2D eigenvalue weighted by molar-refractivity contribution is -0.0565. The van der Waals surface area contributed by atoms with Crippen molar-refractivity contribution in [1.82, 2.24) is 33.4 Å². The Bertz CT molecular complexity index is 1540. The summed E-state index contributed by atoms with van der Waals surface area (Å²) in [7, 11) is -5.48. The topological polar surface area (TPSA) is 122 Å². The second kappa shape index (κ2) is 7.58. The van der Waals surface area contributed by atoms with E-state index >= 15 is 0 Å². The molecule has 1 saturated heterocycles. The summed E-state index contributed by atoms with van der Waals surface area (Å²) in [5.74, 6) is 0.480. The van der Waals surface area contributed by atoms with E-state index in [0.717, 1.165) is 9.88 Å². The fraction of sp³-hybridized carbons (Fsp3) is 0.316. The lowest BCUT2D eigenvalue weighted by Gasteiger charge is -2.47. The third-order valence-corrected chi connectivity index (χ3v) is 8.03. The number of sulfonamides is 1. The van der Waals surface area contributed by atoms with E-state index in [0.29, 0.717) is 27.0 Å². The maximum absolute atomic E-state index is 12.9. The van der Waals surface area contributed by atoms with Crippen LogP contribution in [0.25, 0.3) is 27.6 Å². The molecule has 0 bridgehead atoms. The molecule has 0 atom stereocenters. The number of nitrogens with zero attached hydrogens (tertiary/aromatic N) is 8. The average molecular weight is 509 g/mol. The Labute approximate surface area is 195 Å². The Balaban J connectivity index is 1.53. The predicted molar refractivity (Wildman–Crippen MR) is 115 cm³/mol. The van der Waals surface area contributed by atoms with Gasteiger partial charge in [0.1, 0.15) is 17.0 Å². The molecule has 1 fully saturated rings. The number of imidazole rings is 1. The molecule has 176 valence electrons. The van der Waals surface area contributed by atoms with Gasteiger partial charge in [0, 0.05) is 43.9 Å². The number of thiazole rings is 1. The third kappa shape index (κ3) is 3.45. The summed E-state index contributed by atoms with van der Waals surface area (Å²) in [6, 6.07) is 3.74. The highest BCUT2D eigenvalue weighted by Gasteiger charge is 2.59. The summed E-state index contributed by atoms with van der Waals surface area (Å²) in [5, 5.41) is 14.4. The van der Waals surface area contributed by atoms with E-state index < -0.39 is 34.2 Å². The average Bonchev–Trinajstić information content (AvgIpc) is 3.49. The van der Waals surface area contributed by atoms with Crippen molar-refractivity contribution < 1.29 is 21.6 Å². The molecule has 1 aliphatic heterocycles. The van der Waals surface area contributed by atoms with Crippen LogP contribution in [0.15, 0.2) is 37.1 Å². The zero-order valence-electron chi connectivity index (χ0n) is 17.4. The van der Waals surface area contributed by atoms with E-state index in [1.807, 2.05) is 19.1 Å². The SMILES string of the molecule is Cc1ncc(-c2cc3nccn3c(-c3cnn(C4(CC#N)CN(S(=O)(=O)C(F)(F)F)C4)c3)n2)s1. The lowest BCUT2D eigenvalue weighted by Crippen LogP contribution is -2.65. The van der Waals surface area contributed by atoms with Crippen LogP contribution in [0, 0.1) is 18.3 Å². The zero-order valence-corrected chi connectivity index (χ0v) is 19.1. The number of hydrogen-bond acceptors (Lipinski definition) is 8. The van der Waals surface area contributed by atoms with E-state index in [-0.39, 0.29) is 6.42 Å². The van der Waals surface area contributed by atoms with Crippen LogP contribution in [0.4, 0.5) is 13.2 Å². The molecule has 4 aromatic heterocycles. The fourth-order valence-electron chi connectivity index (χ4n) is 3.84. The summed E-state index contributed by atoms with van der Waals surface area (Å²) in [5.41, 5.74) is -4.83. The molecule has 0 aromatic carbocycles. The summed E-state index contributed by atoms with van der Waals surface area (Å²) in [4.78, 5) is 14.1. The van der Waals surface area contributed by atoms with Crippen LogP contribution >= 0.6 is 11.3 Å². The summed E-state index contributed by atoms with van der Waals surface area (Å²) in [6.07, 6.45) is 7.84. The van der Waals surface area contributed by atoms with Gasteiger partial charge >= 0.3 is 15.5 Å². The number of hydrogen-bond donors (Lipinski definition) is 0. The number of nitriles is 1. The Morgan fingerprint density at radius 2 is 2.03 bits per heavy atom. The second-order valence-electron chi connectivity index (χ2n) is 7.82. The molecule has 0 radical (unpaired) electrons. The molecular weight excluding hydrogens is 493 g/mol. The molecular formula is C19H15F3N8O2S2. The van der Waals surface area contributed by atoms with Gasteiger partial charge in [-0.2, -0.15) is 27.8 Å². The van der Waals surface area contributed by atoms with Gasteiger partial charge in [-0.3, -0.25) is 9.08 Å². The van der Waals surface area contributed by atoms with Crippen LogP contribution in [0.1, 0.15) is 11.4 Å². The van der Waals surface area contributed by atoms with Crippen molar-refractivity contribution in [2.24, 2.45) is 0 Å². The van der Waals surface area contributed by atoms with Crippen LogP contribution in [0.2, 0.25) is 0 Å². The molecule has 5 heterocycles. The first-order valence-electron chi connectivity index (χ1n) is 9.80. The van der Waals surface area contributed by atoms with Gasteiger partial charge in [-0.25, -0.2) is 23.4 Å². The molecule has 0 spiro atoms. The molecule has 4 aromatic rings. The highest BCUT2D eigenvalue weighted by molar-refractivity contribution is 7.90. The van der Waals surface area contributed by atoms with Crippen molar-refractivity contribution in [3.8, 4) is 28.0 Å². The third-order valence-electron chi connectivity index (χ3n) is 5.57. The molecule has 5 rings (SSSR count). The second-order valence-corrected chi connectivity index (χ2v) is 11.0. The van der Waals surface area contributed by atoms with Crippen LogP contribution in [-0.2, 0) is 15.6 Å². The number of alkyl halides is 3. The molecule has 15 heteroatoms. The monoisotopic (exact) mass is 508 g/mol. The quantitative estimate of drug-likeness (QED) is 0.406. The largest absolute Gasteiger partial charge is 0.511 e. The Kier molecular flexibility index (Phi) is 5.01. The molecule has 0 amide bonds. The minimum atomic E-state index is -5.48. The van der Waals surface area contributed by atoms with E-state index in [9.17, 15) is 26.9 Å². The maximum atomic E-state index is 12.9. The van der Waals surface area contributed by atoms with E-state index in [4.69, 9.17) is 4.98 Å². The molecule has 0 saturated carbocycles. The number of fused-ring (bicyclic) bond motifs is 1. The summed E-state index contributed by atoms with van der Waals surface area (Å²) >= 11 is 1.47. The van der Waals surface area contributed by atoms with Gasteiger partial charge in [0.2, 0.25) is 0 Å².